The summed E-state index contributed by atoms with van der Waals surface area (Å²) in [6, 6.07) is 18.0. The molecule has 0 radical (unpaired) electrons. The quantitative estimate of drug-likeness (QED) is 0.487. The van der Waals surface area contributed by atoms with Gasteiger partial charge in [-0.2, -0.15) is 0 Å². The van der Waals surface area contributed by atoms with Crippen LogP contribution < -0.4 is 14.3 Å². The zero-order chi connectivity index (χ0) is 25.1. The smallest absolute Gasteiger partial charge is 0.261 e. The summed E-state index contributed by atoms with van der Waals surface area (Å²) in [7, 11) is -7.53. The van der Waals surface area contributed by atoms with Crippen LogP contribution in [0.25, 0.3) is 0 Å². The molecule has 0 saturated carbocycles. The van der Waals surface area contributed by atoms with Gasteiger partial charge in [0.2, 0.25) is 15.9 Å². The van der Waals surface area contributed by atoms with Crippen LogP contribution in [0.15, 0.2) is 71.6 Å². The average Bonchev–Trinajstić information content (AvgIpc) is 2.75. The summed E-state index contributed by atoms with van der Waals surface area (Å²) in [6.45, 7) is 5.03. The minimum atomic E-state index is -3.83. The number of nitrogens with zero attached hydrogens (tertiary/aromatic N) is 1. The fourth-order valence-electron chi connectivity index (χ4n) is 3.32. The van der Waals surface area contributed by atoms with Crippen LogP contribution in [0, 0.1) is 20.8 Å². The van der Waals surface area contributed by atoms with Crippen LogP contribution in [0.3, 0.4) is 0 Å². The summed E-state index contributed by atoms with van der Waals surface area (Å²) in [5, 5.41) is 2.62. The van der Waals surface area contributed by atoms with E-state index in [0.717, 1.165) is 21.7 Å². The molecule has 3 aromatic carbocycles. The minimum absolute atomic E-state index is 0.0316. The summed E-state index contributed by atoms with van der Waals surface area (Å²) in [4.78, 5) is 12.6. The van der Waals surface area contributed by atoms with Crippen LogP contribution in [-0.2, 0) is 24.8 Å². The Bertz CT molecular complexity index is 1420. The second kappa shape index (κ2) is 9.86. The van der Waals surface area contributed by atoms with Crippen molar-refractivity contribution in [3.05, 3.63) is 83.4 Å². The highest BCUT2D eigenvalue weighted by atomic mass is 32.2. The maximum Gasteiger partial charge on any atom is 0.261 e. The minimum Gasteiger partial charge on any atom is -0.325 e. The lowest BCUT2D eigenvalue weighted by atomic mass is 10.1. The molecule has 0 aliphatic heterocycles. The molecule has 0 fully saturated rings. The van der Waals surface area contributed by atoms with Crippen LogP contribution >= 0.6 is 0 Å². The van der Waals surface area contributed by atoms with Gasteiger partial charge >= 0.3 is 0 Å². The topological polar surface area (TPSA) is 113 Å². The van der Waals surface area contributed by atoms with Crippen molar-refractivity contribution >= 4 is 43.0 Å². The second-order valence-electron chi connectivity index (χ2n) is 8.05. The Morgan fingerprint density at radius 1 is 0.853 bits per heavy atom. The lowest BCUT2D eigenvalue weighted by Crippen LogP contribution is -2.37. The SMILES string of the molecule is Cc1ccc(C)c(NS(=O)(=O)c2ccc(NC(=O)CN(c3ccccc3C)S(C)(=O)=O)cc2)c1. The van der Waals surface area contributed by atoms with Crippen LogP contribution in [0.5, 0.6) is 0 Å². The molecule has 0 aliphatic carbocycles. The first-order valence-electron chi connectivity index (χ1n) is 10.4. The Labute approximate surface area is 200 Å². The molecule has 0 spiro atoms. The van der Waals surface area contributed by atoms with Crippen molar-refractivity contribution in [2.24, 2.45) is 0 Å². The predicted octanol–water partition coefficient (Wildman–Crippen LogP) is 3.82. The number of hydrogen-bond acceptors (Lipinski definition) is 5. The highest BCUT2D eigenvalue weighted by molar-refractivity contribution is 7.92. The fourth-order valence-corrected chi connectivity index (χ4v) is 5.36. The molecule has 0 saturated heterocycles. The fraction of sp³-hybridized carbons (Fsp3) is 0.208. The molecule has 3 aromatic rings. The third-order valence-corrected chi connectivity index (χ3v) is 7.67. The van der Waals surface area contributed by atoms with Gasteiger partial charge in [0.1, 0.15) is 6.54 Å². The Morgan fingerprint density at radius 2 is 1.50 bits per heavy atom. The number of nitrogens with one attached hydrogen (secondary N) is 2. The van der Waals surface area contributed by atoms with Gasteiger partial charge in [0, 0.05) is 5.69 Å². The average molecular weight is 502 g/mol. The van der Waals surface area contributed by atoms with E-state index in [4.69, 9.17) is 0 Å². The summed E-state index contributed by atoms with van der Waals surface area (Å²) >= 11 is 0. The van der Waals surface area contributed by atoms with Crippen molar-refractivity contribution in [3.8, 4) is 0 Å². The molecule has 0 heterocycles. The predicted molar refractivity (Wildman–Crippen MR) is 135 cm³/mol. The first-order chi connectivity index (χ1) is 15.9. The molecule has 0 aliphatic rings. The van der Waals surface area contributed by atoms with Crippen LogP contribution in [0.1, 0.15) is 16.7 Å². The van der Waals surface area contributed by atoms with Crippen molar-refractivity contribution < 1.29 is 21.6 Å². The summed E-state index contributed by atoms with van der Waals surface area (Å²) in [5.74, 6) is -0.558. The van der Waals surface area contributed by atoms with Crippen molar-refractivity contribution in [2.75, 3.05) is 27.1 Å². The van der Waals surface area contributed by atoms with E-state index in [9.17, 15) is 21.6 Å². The molecular weight excluding hydrogens is 474 g/mol. The van der Waals surface area contributed by atoms with Gasteiger partial charge in [0.05, 0.1) is 22.5 Å². The van der Waals surface area contributed by atoms with Crippen LogP contribution in [-0.4, -0.2) is 35.5 Å². The number of sulfonamides is 2. The molecule has 180 valence electrons. The first-order valence-corrected chi connectivity index (χ1v) is 13.7. The zero-order valence-corrected chi connectivity index (χ0v) is 21.0. The van der Waals surface area contributed by atoms with Gasteiger partial charge in [-0.05, 0) is 73.9 Å². The van der Waals surface area contributed by atoms with E-state index in [-0.39, 0.29) is 4.90 Å². The highest BCUT2D eigenvalue weighted by Gasteiger charge is 2.22. The summed E-state index contributed by atoms with van der Waals surface area (Å²) in [5.41, 5.74) is 3.69. The van der Waals surface area contributed by atoms with Gasteiger partial charge in [-0.25, -0.2) is 16.8 Å². The van der Waals surface area contributed by atoms with E-state index in [1.165, 1.54) is 24.3 Å². The standard InChI is InChI=1S/C24H27N3O5S2/c1-17-9-10-18(2)22(15-17)26-34(31,32)21-13-11-20(12-14-21)25-24(28)16-27(33(4,29)30)23-8-6-5-7-19(23)3/h5-15,26H,16H2,1-4H3,(H,25,28). The van der Waals surface area contributed by atoms with Gasteiger partial charge in [0.25, 0.3) is 10.0 Å². The van der Waals surface area contributed by atoms with Crippen molar-refractivity contribution in [2.45, 2.75) is 25.7 Å². The Balaban J connectivity index is 1.74. The summed E-state index contributed by atoms with van der Waals surface area (Å²) in [6.07, 6.45) is 1.04. The van der Waals surface area contributed by atoms with Crippen molar-refractivity contribution in [1.29, 1.82) is 0 Å². The number of benzene rings is 3. The Hall–Kier alpha value is -3.37. The van der Waals surface area contributed by atoms with Crippen molar-refractivity contribution in [3.63, 3.8) is 0 Å². The Kier molecular flexibility index (Phi) is 7.32. The van der Waals surface area contributed by atoms with E-state index in [0.29, 0.717) is 22.6 Å². The molecule has 10 heteroatoms. The summed E-state index contributed by atoms with van der Waals surface area (Å²) < 4.78 is 53.7. The van der Waals surface area contributed by atoms with E-state index in [1.54, 1.807) is 37.3 Å². The lowest BCUT2D eigenvalue weighted by Gasteiger charge is -2.23. The number of aryl methyl sites for hydroxylation is 3. The number of rotatable bonds is 8. The largest absolute Gasteiger partial charge is 0.325 e. The van der Waals surface area contributed by atoms with E-state index < -0.39 is 32.5 Å². The molecule has 0 aromatic heterocycles. The molecule has 3 rings (SSSR count). The van der Waals surface area contributed by atoms with Gasteiger partial charge in [-0.1, -0.05) is 30.3 Å². The Morgan fingerprint density at radius 3 is 2.12 bits per heavy atom. The first kappa shape index (κ1) is 25.3. The normalized spacial score (nSPS) is 11.6. The van der Waals surface area contributed by atoms with Crippen LogP contribution in [0.2, 0.25) is 0 Å². The van der Waals surface area contributed by atoms with Gasteiger partial charge in [-0.3, -0.25) is 13.8 Å². The molecule has 0 atom stereocenters. The monoisotopic (exact) mass is 501 g/mol. The van der Waals surface area contributed by atoms with Gasteiger partial charge < -0.3 is 5.32 Å². The molecule has 1 amide bonds. The third kappa shape index (κ3) is 6.15. The number of carbonyl (C=O) groups excluding carboxylic acids is 1. The third-order valence-electron chi connectivity index (χ3n) is 5.16. The van der Waals surface area contributed by atoms with E-state index >= 15 is 0 Å². The number of amides is 1. The molecule has 0 bridgehead atoms. The molecular formula is C24H27N3O5S2. The van der Waals surface area contributed by atoms with Gasteiger partial charge in [0.15, 0.2) is 0 Å². The molecule has 8 nitrogen and oxygen atoms in total. The number of carbonyl (C=O) groups is 1. The maximum absolute atomic E-state index is 12.8. The molecule has 2 N–H and O–H groups in total. The van der Waals surface area contributed by atoms with Crippen molar-refractivity contribution in [1.82, 2.24) is 0 Å². The number of anilines is 3. The number of hydrogen-bond donors (Lipinski definition) is 2. The van der Waals surface area contributed by atoms with E-state index in [1.807, 2.05) is 26.0 Å². The van der Waals surface area contributed by atoms with Crippen LogP contribution in [0.4, 0.5) is 17.1 Å². The highest BCUT2D eigenvalue weighted by Crippen LogP contribution is 2.24. The maximum atomic E-state index is 12.8. The zero-order valence-electron chi connectivity index (χ0n) is 19.4. The van der Waals surface area contributed by atoms with Gasteiger partial charge in [-0.15, -0.1) is 0 Å². The number of para-hydroxylation sites is 1. The molecule has 0 unspecified atom stereocenters. The second-order valence-corrected chi connectivity index (χ2v) is 11.6. The molecule has 34 heavy (non-hydrogen) atoms. The van der Waals surface area contributed by atoms with E-state index in [2.05, 4.69) is 10.0 Å². The lowest BCUT2D eigenvalue weighted by molar-refractivity contribution is -0.114.